The molecule has 0 atom stereocenters. The first-order valence-electron chi connectivity index (χ1n) is 9.44. The molecule has 2 aromatic carbocycles. The fourth-order valence-electron chi connectivity index (χ4n) is 2.96. The van der Waals surface area contributed by atoms with Crippen LogP contribution in [0, 0.1) is 0 Å². The number of fused-ring (bicyclic) bond motifs is 1. The first kappa shape index (κ1) is 19.6. The number of para-hydroxylation sites is 1. The van der Waals surface area contributed by atoms with Crippen molar-refractivity contribution in [2.45, 2.75) is 19.9 Å². The zero-order valence-electron chi connectivity index (χ0n) is 16.6. The van der Waals surface area contributed by atoms with Crippen LogP contribution in [0.2, 0.25) is 0 Å². The summed E-state index contributed by atoms with van der Waals surface area (Å²) in [7, 11) is 3.26. The maximum Gasteiger partial charge on any atom is 0.191 e. The lowest BCUT2D eigenvalue weighted by Crippen LogP contribution is -2.38. The minimum absolute atomic E-state index is 0.542. The highest BCUT2D eigenvalue weighted by Crippen LogP contribution is 2.27. The Hall–Kier alpha value is -3.15. The molecule has 6 heteroatoms. The van der Waals surface area contributed by atoms with Gasteiger partial charge >= 0.3 is 0 Å². The molecule has 0 amide bonds. The third-order valence-corrected chi connectivity index (χ3v) is 4.35. The van der Waals surface area contributed by atoms with E-state index in [1.165, 1.54) is 0 Å². The van der Waals surface area contributed by atoms with Crippen LogP contribution in [-0.4, -0.2) is 33.3 Å². The summed E-state index contributed by atoms with van der Waals surface area (Å²) in [6, 6.07) is 16.0. The van der Waals surface area contributed by atoms with Crippen molar-refractivity contribution < 1.29 is 13.9 Å². The minimum Gasteiger partial charge on any atom is -0.493 e. The quantitative estimate of drug-likeness (QED) is 0.459. The van der Waals surface area contributed by atoms with Gasteiger partial charge in [-0.05, 0) is 36.8 Å². The zero-order chi connectivity index (χ0) is 19.8. The van der Waals surface area contributed by atoms with Gasteiger partial charge in [-0.1, -0.05) is 24.3 Å². The molecule has 0 unspecified atom stereocenters. The van der Waals surface area contributed by atoms with Gasteiger partial charge in [0.1, 0.15) is 11.3 Å². The molecule has 0 saturated heterocycles. The van der Waals surface area contributed by atoms with Crippen molar-refractivity contribution in [3.05, 3.63) is 59.9 Å². The average Bonchev–Trinajstić information content (AvgIpc) is 3.14. The molecule has 28 heavy (non-hydrogen) atoms. The van der Waals surface area contributed by atoms with Gasteiger partial charge in [0.2, 0.25) is 0 Å². The summed E-state index contributed by atoms with van der Waals surface area (Å²) in [5.74, 6) is 3.15. The maximum absolute atomic E-state index is 5.86. The molecule has 0 bridgehead atoms. The van der Waals surface area contributed by atoms with E-state index in [1.54, 1.807) is 14.2 Å². The van der Waals surface area contributed by atoms with Crippen molar-refractivity contribution in [3.8, 4) is 11.5 Å². The van der Waals surface area contributed by atoms with Gasteiger partial charge in [-0.3, -0.25) is 0 Å². The van der Waals surface area contributed by atoms with Crippen LogP contribution in [0.1, 0.15) is 18.2 Å². The van der Waals surface area contributed by atoms with Crippen molar-refractivity contribution >= 4 is 16.9 Å². The van der Waals surface area contributed by atoms with E-state index in [0.717, 1.165) is 47.8 Å². The molecule has 1 heterocycles. The molecule has 0 saturated carbocycles. The summed E-state index contributed by atoms with van der Waals surface area (Å²) in [6.45, 7) is 4.12. The van der Waals surface area contributed by atoms with Crippen molar-refractivity contribution in [2.75, 3.05) is 27.3 Å². The number of hydrogen-bond donors (Lipinski definition) is 2. The van der Waals surface area contributed by atoms with Gasteiger partial charge in [0, 0.05) is 24.9 Å². The summed E-state index contributed by atoms with van der Waals surface area (Å²) < 4.78 is 16.5. The lowest BCUT2D eigenvalue weighted by atomic mass is 10.2. The maximum atomic E-state index is 5.86. The highest BCUT2D eigenvalue weighted by Gasteiger charge is 2.06. The van der Waals surface area contributed by atoms with E-state index in [9.17, 15) is 0 Å². The predicted molar refractivity (Wildman–Crippen MR) is 112 cm³/mol. The molecule has 0 radical (unpaired) electrons. The molecule has 148 valence electrons. The molecular weight excluding hydrogens is 354 g/mol. The van der Waals surface area contributed by atoms with Gasteiger partial charge < -0.3 is 24.5 Å². The van der Waals surface area contributed by atoms with Gasteiger partial charge in [0.05, 0.1) is 20.8 Å². The topological polar surface area (TPSA) is 68.0 Å². The van der Waals surface area contributed by atoms with Gasteiger partial charge in [-0.2, -0.15) is 0 Å². The fourth-order valence-corrected chi connectivity index (χ4v) is 2.96. The molecule has 0 aliphatic heterocycles. The fraction of sp³-hybridized carbons (Fsp3) is 0.318. The Morgan fingerprint density at radius 1 is 1.00 bits per heavy atom. The van der Waals surface area contributed by atoms with Crippen LogP contribution in [0.5, 0.6) is 11.5 Å². The van der Waals surface area contributed by atoms with Crippen LogP contribution in [0.4, 0.5) is 0 Å². The number of rotatable bonds is 8. The number of guanidine groups is 1. The molecular formula is C22H27N3O3. The van der Waals surface area contributed by atoms with Crippen molar-refractivity contribution in [1.82, 2.24) is 10.6 Å². The van der Waals surface area contributed by atoms with Crippen LogP contribution >= 0.6 is 0 Å². The van der Waals surface area contributed by atoms with Crippen molar-refractivity contribution in [3.63, 3.8) is 0 Å². The number of benzene rings is 2. The number of nitrogens with zero attached hydrogens (tertiary/aromatic N) is 1. The first-order valence-corrected chi connectivity index (χ1v) is 9.44. The van der Waals surface area contributed by atoms with E-state index >= 15 is 0 Å². The molecule has 1 aromatic heterocycles. The third kappa shape index (κ3) is 4.97. The monoisotopic (exact) mass is 381 g/mol. The van der Waals surface area contributed by atoms with E-state index in [0.29, 0.717) is 18.0 Å². The standard InChI is InChI=1S/C22H27N3O3/c1-4-23-22(25-15-16-9-10-20(26-2)21(13-16)27-3)24-12-11-18-14-17-7-5-6-8-19(17)28-18/h5-10,13-14H,4,11-12,15H2,1-3H3,(H2,23,24,25). The highest BCUT2D eigenvalue weighted by molar-refractivity contribution is 5.80. The summed E-state index contributed by atoms with van der Waals surface area (Å²) in [5, 5.41) is 7.76. The lowest BCUT2D eigenvalue weighted by molar-refractivity contribution is 0.354. The summed E-state index contributed by atoms with van der Waals surface area (Å²) >= 11 is 0. The second-order valence-electron chi connectivity index (χ2n) is 6.31. The highest BCUT2D eigenvalue weighted by atomic mass is 16.5. The average molecular weight is 381 g/mol. The zero-order valence-corrected chi connectivity index (χ0v) is 16.6. The molecule has 6 nitrogen and oxygen atoms in total. The molecule has 2 N–H and O–H groups in total. The van der Waals surface area contributed by atoms with Crippen LogP contribution in [0.15, 0.2) is 57.9 Å². The molecule has 3 rings (SSSR count). The van der Waals surface area contributed by atoms with Crippen LogP contribution in [-0.2, 0) is 13.0 Å². The largest absolute Gasteiger partial charge is 0.493 e. The molecule has 0 aliphatic rings. The summed E-state index contributed by atoms with van der Waals surface area (Å²) in [4.78, 5) is 4.66. The second kappa shape index (κ2) is 9.69. The van der Waals surface area contributed by atoms with Gasteiger partial charge in [-0.25, -0.2) is 4.99 Å². The summed E-state index contributed by atoms with van der Waals surface area (Å²) in [6.07, 6.45) is 0.787. The number of ether oxygens (including phenoxy) is 2. The lowest BCUT2D eigenvalue weighted by Gasteiger charge is -2.11. The van der Waals surface area contributed by atoms with E-state index in [-0.39, 0.29) is 0 Å². The Morgan fingerprint density at radius 3 is 2.57 bits per heavy atom. The normalized spacial score (nSPS) is 11.5. The van der Waals surface area contributed by atoms with Gasteiger partial charge in [0.25, 0.3) is 0 Å². The van der Waals surface area contributed by atoms with E-state index in [4.69, 9.17) is 13.9 Å². The van der Waals surface area contributed by atoms with Crippen LogP contribution < -0.4 is 20.1 Å². The van der Waals surface area contributed by atoms with E-state index in [1.807, 2.05) is 43.3 Å². The molecule has 3 aromatic rings. The second-order valence-corrected chi connectivity index (χ2v) is 6.31. The number of furan rings is 1. The molecule has 0 spiro atoms. The Kier molecular flexibility index (Phi) is 6.78. The number of nitrogens with one attached hydrogen (secondary N) is 2. The van der Waals surface area contributed by atoms with Crippen molar-refractivity contribution in [2.24, 2.45) is 4.99 Å². The Bertz CT molecular complexity index is 901. The van der Waals surface area contributed by atoms with Crippen LogP contribution in [0.25, 0.3) is 11.0 Å². The Labute approximate surface area is 165 Å². The smallest absolute Gasteiger partial charge is 0.191 e. The van der Waals surface area contributed by atoms with E-state index in [2.05, 4.69) is 27.8 Å². The SMILES string of the molecule is CCNC(=NCc1ccc(OC)c(OC)c1)NCCc1cc2ccccc2o1. The van der Waals surface area contributed by atoms with Crippen molar-refractivity contribution in [1.29, 1.82) is 0 Å². The number of aliphatic imine (C=N–C) groups is 1. The van der Waals surface area contributed by atoms with Gasteiger partial charge in [0.15, 0.2) is 17.5 Å². The van der Waals surface area contributed by atoms with Gasteiger partial charge in [-0.15, -0.1) is 0 Å². The van der Waals surface area contributed by atoms with E-state index < -0.39 is 0 Å². The van der Waals surface area contributed by atoms with Crippen LogP contribution in [0.3, 0.4) is 0 Å². The first-order chi connectivity index (χ1) is 13.7. The minimum atomic E-state index is 0.542. The Morgan fingerprint density at radius 2 is 1.82 bits per heavy atom. The molecule has 0 fully saturated rings. The summed E-state index contributed by atoms with van der Waals surface area (Å²) in [5.41, 5.74) is 1.97. The molecule has 0 aliphatic carbocycles. The number of methoxy groups -OCH3 is 2. The third-order valence-electron chi connectivity index (χ3n) is 4.35. The Balaban J connectivity index is 1.59. The predicted octanol–water partition coefficient (Wildman–Crippen LogP) is 3.75. The number of hydrogen-bond acceptors (Lipinski definition) is 4.